The first-order chi connectivity index (χ1) is 21.5. The third-order valence-corrected chi connectivity index (χ3v) is 20.7. The number of nitriles is 1. The fourth-order valence-corrected chi connectivity index (χ4v) is 18.7. The van der Waals surface area contributed by atoms with Crippen molar-refractivity contribution < 1.29 is 4.21 Å². The Kier molecular flexibility index (Phi) is 7.27. The van der Waals surface area contributed by atoms with Gasteiger partial charge in [-0.15, -0.1) is 0 Å². The molecular formula is C36H44N5O2PS2. The highest BCUT2D eigenvalue weighted by Gasteiger charge is 2.53. The van der Waals surface area contributed by atoms with Crippen molar-refractivity contribution in [3.05, 3.63) is 85.1 Å². The monoisotopic (exact) mass is 673 g/mol. The van der Waals surface area contributed by atoms with Crippen molar-refractivity contribution in [3.63, 3.8) is 0 Å². The van der Waals surface area contributed by atoms with E-state index in [1.807, 2.05) is 0 Å². The van der Waals surface area contributed by atoms with Crippen LogP contribution in [0.2, 0.25) is 0 Å². The first-order valence-electron chi connectivity index (χ1n) is 16.2. The minimum Gasteiger partial charge on any atom is -0.368 e. The number of hydrogen-bond donors (Lipinski definition) is 0. The number of thiophene rings is 1. The molecule has 7 heterocycles. The Bertz CT molecular complexity index is 2040. The molecule has 5 aliphatic heterocycles. The van der Waals surface area contributed by atoms with Crippen LogP contribution in [-0.2, 0) is 27.7 Å². The SMILES string of the molecule is CC(C)(C)c1cnn(C[c-]2cc3c([s+]2)C2=C[CH-][P+]3=S(=O)(C(C)(C)C)N3C[C@@H](CC3(C)C)N3CCCc4cc(C#N)cc2c43)c(=O)c1. The van der Waals surface area contributed by atoms with Gasteiger partial charge in [0.2, 0.25) is 0 Å². The van der Waals surface area contributed by atoms with Crippen LogP contribution in [0.25, 0.3) is 5.57 Å². The zero-order valence-electron chi connectivity index (χ0n) is 28.2. The van der Waals surface area contributed by atoms with Crippen molar-refractivity contribution in [1.29, 1.82) is 5.26 Å². The minimum absolute atomic E-state index is 0.118. The van der Waals surface area contributed by atoms with E-state index in [1.54, 1.807) is 28.3 Å². The zero-order chi connectivity index (χ0) is 33.0. The van der Waals surface area contributed by atoms with Gasteiger partial charge in [0.15, 0.2) is 9.30 Å². The average Bonchev–Trinajstić information content (AvgIpc) is 3.54. The van der Waals surface area contributed by atoms with Crippen LogP contribution in [0.4, 0.5) is 5.69 Å². The van der Waals surface area contributed by atoms with Gasteiger partial charge in [-0.1, -0.05) is 38.5 Å². The Hall–Kier alpha value is -2.89. The van der Waals surface area contributed by atoms with Gasteiger partial charge >= 0.3 is 0 Å². The fourth-order valence-electron chi connectivity index (χ4n) is 7.67. The third kappa shape index (κ3) is 4.82. The topological polar surface area (TPSA) is 82.2 Å². The number of rotatable bonds is 2. The molecule has 10 heteroatoms. The van der Waals surface area contributed by atoms with E-state index in [2.05, 4.69) is 106 Å². The summed E-state index contributed by atoms with van der Waals surface area (Å²) < 4.78 is 19.6. The molecule has 0 N–H and O–H groups in total. The van der Waals surface area contributed by atoms with E-state index >= 15 is 4.21 Å². The number of allylic oxidation sites excluding steroid dienone is 1. The predicted molar refractivity (Wildman–Crippen MR) is 192 cm³/mol. The predicted octanol–water partition coefficient (Wildman–Crippen LogP) is 6.77. The molecule has 3 aromatic rings. The number of benzene rings is 1. The Labute approximate surface area is 278 Å². The van der Waals surface area contributed by atoms with Crippen LogP contribution in [-0.4, -0.2) is 47.7 Å². The molecule has 0 aliphatic carbocycles. The number of nitrogens with zero attached hydrogens (tertiary/aromatic N) is 5. The fraction of sp³-hybridized carbons (Fsp3) is 0.500. The molecule has 0 spiro atoms. The van der Waals surface area contributed by atoms with E-state index in [9.17, 15) is 10.1 Å². The first-order valence-corrected chi connectivity index (χ1v) is 20.6. The maximum absolute atomic E-state index is 16.1. The van der Waals surface area contributed by atoms with E-state index < -0.39 is 20.7 Å². The summed E-state index contributed by atoms with van der Waals surface area (Å²) in [5.41, 5.74) is 5.71. The lowest BCUT2D eigenvalue weighted by atomic mass is 9.89. The molecule has 4 bridgehead atoms. The highest BCUT2D eigenvalue weighted by molar-refractivity contribution is 8.32. The molecule has 242 valence electrons. The molecule has 1 fully saturated rings. The van der Waals surface area contributed by atoms with Crippen LogP contribution in [0.1, 0.15) is 100 Å². The number of hydrogen-bond acceptors (Lipinski definition) is 5. The highest BCUT2D eigenvalue weighted by Crippen LogP contribution is 2.55. The summed E-state index contributed by atoms with van der Waals surface area (Å²) in [4.78, 5) is 18.0. The summed E-state index contributed by atoms with van der Waals surface area (Å²) in [6.07, 6.45) is 9.17. The lowest BCUT2D eigenvalue weighted by Gasteiger charge is -2.40. The van der Waals surface area contributed by atoms with Crippen molar-refractivity contribution >= 4 is 43.9 Å². The molecular weight excluding hydrogens is 630 g/mol. The summed E-state index contributed by atoms with van der Waals surface area (Å²) in [6.45, 7) is 18.0. The van der Waals surface area contributed by atoms with Crippen molar-refractivity contribution in [2.75, 3.05) is 18.0 Å². The second-order valence-corrected chi connectivity index (χ2v) is 23.6. The van der Waals surface area contributed by atoms with Gasteiger partial charge in [0, 0.05) is 36.4 Å². The maximum Gasteiger partial charge on any atom is 0.266 e. The minimum atomic E-state index is -2.62. The van der Waals surface area contributed by atoms with Crippen LogP contribution in [0.5, 0.6) is 0 Å². The van der Waals surface area contributed by atoms with Crippen LogP contribution < -0.4 is 15.8 Å². The van der Waals surface area contributed by atoms with Gasteiger partial charge in [0.25, 0.3) is 5.56 Å². The Balaban J connectivity index is 1.51. The van der Waals surface area contributed by atoms with Crippen molar-refractivity contribution in [1.82, 2.24) is 14.1 Å². The Morgan fingerprint density at radius 2 is 1.98 bits per heavy atom. The Morgan fingerprint density at radius 3 is 2.65 bits per heavy atom. The van der Waals surface area contributed by atoms with Gasteiger partial charge in [-0.2, -0.15) is 26.3 Å². The second kappa shape index (κ2) is 10.6. The van der Waals surface area contributed by atoms with Crippen LogP contribution in [0.3, 0.4) is 0 Å². The molecule has 1 saturated heterocycles. The summed E-state index contributed by atoms with van der Waals surface area (Å²) in [7, 11) is -2.62. The molecule has 0 saturated carbocycles. The number of anilines is 1. The van der Waals surface area contributed by atoms with Crippen molar-refractivity contribution in [2.45, 2.75) is 103 Å². The van der Waals surface area contributed by atoms with Crippen molar-refractivity contribution in [3.8, 4) is 6.07 Å². The number of fused-ring (bicyclic) bond motifs is 1. The molecule has 4 atom stereocenters. The maximum atomic E-state index is 16.1. The van der Waals surface area contributed by atoms with Gasteiger partial charge in [-0.3, -0.25) is 4.79 Å². The van der Waals surface area contributed by atoms with Crippen molar-refractivity contribution in [2.24, 2.45) is 0 Å². The van der Waals surface area contributed by atoms with E-state index in [-0.39, 0.29) is 22.6 Å². The van der Waals surface area contributed by atoms with Crippen LogP contribution in [0, 0.1) is 17.5 Å². The number of aryl methyl sites for hydroxylation is 1. The lowest BCUT2D eigenvalue weighted by Crippen LogP contribution is -2.50. The summed E-state index contributed by atoms with van der Waals surface area (Å²) in [5, 5.41) is 15.8. The average molecular weight is 674 g/mol. The molecule has 8 rings (SSSR count). The summed E-state index contributed by atoms with van der Waals surface area (Å²) >= 11 is 1.68. The zero-order valence-corrected chi connectivity index (χ0v) is 30.7. The smallest absolute Gasteiger partial charge is 0.266 e. The van der Waals surface area contributed by atoms with Gasteiger partial charge in [0.05, 0.1) is 57.3 Å². The molecule has 0 radical (unpaired) electrons. The normalized spacial score (nSPS) is 25.6. The highest BCUT2D eigenvalue weighted by atomic mass is 32.5. The van der Waals surface area contributed by atoms with Gasteiger partial charge in [-0.25, -0.2) is 8.89 Å². The number of aromatic nitrogens is 2. The van der Waals surface area contributed by atoms with Gasteiger partial charge < -0.3 is 4.90 Å². The largest absolute Gasteiger partial charge is 0.368 e. The summed E-state index contributed by atoms with van der Waals surface area (Å²) in [6, 6.07) is 10.7. The van der Waals surface area contributed by atoms with E-state index in [4.69, 9.17) is 0 Å². The van der Waals surface area contributed by atoms with E-state index in [0.717, 1.165) is 64.1 Å². The third-order valence-electron chi connectivity index (χ3n) is 9.99. The van der Waals surface area contributed by atoms with E-state index in [0.29, 0.717) is 12.1 Å². The standard InChI is InChI=1S/C36H44N5O2PS2/c1-34(2,3)25-16-31(42)40(38-20-25)22-27-17-30-33(45-27)28-11-13-44(30)46(43,35(4,5)6)41-21-26(18-36(41,7)8)39-12-9-10-24-14-23(19-37)15-29(28)32(24)39/h11,13-17,20,26H,9-10,12,18,21-22H2,1-8H3/t26-,46?/m1/s1. The second-order valence-electron chi connectivity index (χ2n) is 15.8. The molecule has 7 nitrogen and oxygen atoms in total. The molecule has 5 aliphatic rings. The van der Waals surface area contributed by atoms with Crippen LogP contribution >= 0.6 is 18.0 Å². The molecule has 2 aromatic heterocycles. The molecule has 1 aromatic carbocycles. The summed E-state index contributed by atoms with van der Waals surface area (Å²) in [5.74, 6) is 0. The van der Waals surface area contributed by atoms with Crippen LogP contribution in [0.15, 0.2) is 41.3 Å². The van der Waals surface area contributed by atoms with Gasteiger partial charge in [0.1, 0.15) is 4.88 Å². The lowest BCUT2D eigenvalue weighted by molar-refractivity contribution is 0.300. The molecule has 3 unspecified atom stereocenters. The Morgan fingerprint density at radius 1 is 1.22 bits per heavy atom. The quantitative estimate of drug-likeness (QED) is 0.171. The van der Waals surface area contributed by atoms with Gasteiger partial charge in [-0.05, 0) is 82.7 Å². The first kappa shape index (κ1) is 31.7. The molecule has 0 amide bonds. The van der Waals surface area contributed by atoms with E-state index in [1.165, 1.54) is 11.3 Å². The molecule has 46 heavy (non-hydrogen) atoms.